The molecule has 1 N–H and O–H groups in total. The van der Waals surface area contributed by atoms with Crippen molar-refractivity contribution < 1.29 is 13.5 Å². The molecule has 3 rings (SSSR count). The number of hydrogen-bond donors (Lipinski definition) is 1. The van der Waals surface area contributed by atoms with Gasteiger partial charge in [0.05, 0.1) is 16.9 Å². The Morgan fingerprint density at radius 1 is 1.23 bits per heavy atom. The molecular formula is C18H26N4O3S. The molecule has 1 unspecified atom stereocenters. The maximum atomic E-state index is 13.2. The third-order valence-electron chi connectivity index (χ3n) is 5.02. The van der Waals surface area contributed by atoms with E-state index in [1.165, 1.54) is 16.0 Å². The lowest BCUT2D eigenvalue weighted by Gasteiger charge is -2.30. The zero-order valence-electron chi connectivity index (χ0n) is 15.9. The fourth-order valence-corrected chi connectivity index (χ4v) is 5.44. The maximum absolute atomic E-state index is 13.2. The SMILES string of the molecule is Cc1nn(C)c2c1C(O)(CCCN(C)C)c1ccccc1N(C)S2(=O)=O. The monoisotopic (exact) mass is 378 g/mol. The summed E-state index contributed by atoms with van der Waals surface area (Å²) in [5, 5.41) is 16.2. The Bertz CT molecular complexity index is 936. The Balaban J connectivity index is 2.32. The van der Waals surface area contributed by atoms with Crippen LogP contribution >= 0.6 is 0 Å². The van der Waals surface area contributed by atoms with E-state index in [2.05, 4.69) is 5.10 Å². The number of benzene rings is 1. The van der Waals surface area contributed by atoms with Crippen molar-refractivity contribution in [1.82, 2.24) is 14.7 Å². The zero-order valence-corrected chi connectivity index (χ0v) is 16.7. The van der Waals surface area contributed by atoms with Crippen LogP contribution in [0.2, 0.25) is 0 Å². The molecule has 2 aromatic rings. The van der Waals surface area contributed by atoms with Crippen LogP contribution in [0.4, 0.5) is 5.69 Å². The molecule has 8 heteroatoms. The second-order valence-corrected chi connectivity index (χ2v) is 9.03. The van der Waals surface area contributed by atoms with E-state index in [1.54, 1.807) is 32.2 Å². The third kappa shape index (κ3) is 2.72. The van der Waals surface area contributed by atoms with Crippen LogP contribution < -0.4 is 4.31 Å². The summed E-state index contributed by atoms with van der Waals surface area (Å²) in [6.45, 7) is 2.54. The summed E-state index contributed by atoms with van der Waals surface area (Å²) in [6, 6.07) is 7.15. The van der Waals surface area contributed by atoms with Gasteiger partial charge in [-0.1, -0.05) is 18.2 Å². The molecule has 0 spiro atoms. The van der Waals surface area contributed by atoms with E-state index < -0.39 is 15.6 Å². The molecule has 0 bridgehead atoms. The lowest BCUT2D eigenvalue weighted by Crippen LogP contribution is -2.30. The van der Waals surface area contributed by atoms with Gasteiger partial charge in [0.25, 0.3) is 10.0 Å². The number of fused-ring (bicyclic) bond motifs is 2. The Kier molecular flexibility index (Phi) is 4.62. The fraction of sp³-hybridized carbons (Fsp3) is 0.500. The molecule has 1 aromatic heterocycles. The fourth-order valence-electron chi connectivity index (χ4n) is 3.81. The largest absolute Gasteiger partial charge is 0.380 e. The Morgan fingerprint density at radius 2 is 1.88 bits per heavy atom. The quantitative estimate of drug-likeness (QED) is 0.871. The summed E-state index contributed by atoms with van der Waals surface area (Å²) in [7, 11) is 3.25. The maximum Gasteiger partial charge on any atom is 0.281 e. The molecule has 7 nitrogen and oxygen atoms in total. The van der Waals surface area contributed by atoms with E-state index in [4.69, 9.17) is 0 Å². The number of sulfonamides is 1. The highest BCUT2D eigenvalue weighted by atomic mass is 32.2. The normalized spacial score (nSPS) is 21.4. The standard InChI is InChI=1S/C18H26N4O3S/c1-13-16-17(21(4)19-13)26(24,25)22(5)15-10-7-6-9-14(15)18(16,23)11-8-12-20(2)3/h6-7,9-10,23H,8,11-12H2,1-5H3. The van der Waals surface area contributed by atoms with Gasteiger partial charge in [0.1, 0.15) is 5.60 Å². The van der Waals surface area contributed by atoms with Gasteiger partial charge in [0.2, 0.25) is 0 Å². The summed E-state index contributed by atoms with van der Waals surface area (Å²) in [4.78, 5) is 2.05. The number of anilines is 1. The van der Waals surface area contributed by atoms with Crippen molar-refractivity contribution in [2.75, 3.05) is 32.0 Å². The molecular weight excluding hydrogens is 352 g/mol. The average molecular weight is 378 g/mol. The number of aromatic nitrogens is 2. The van der Waals surface area contributed by atoms with Crippen LogP contribution in [0.1, 0.15) is 29.7 Å². The summed E-state index contributed by atoms with van der Waals surface area (Å²) in [5.74, 6) is 0. The molecule has 0 radical (unpaired) electrons. The van der Waals surface area contributed by atoms with Gasteiger partial charge in [0.15, 0.2) is 5.03 Å². The van der Waals surface area contributed by atoms with Crippen molar-refractivity contribution in [3.05, 3.63) is 41.1 Å². The molecule has 0 saturated heterocycles. The molecule has 1 aliphatic rings. The smallest absolute Gasteiger partial charge is 0.281 e. The van der Waals surface area contributed by atoms with Gasteiger partial charge in [-0.25, -0.2) is 0 Å². The highest BCUT2D eigenvalue weighted by Gasteiger charge is 2.47. The summed E-state index contributed by atoms with van der Waals surface area (Å²) in [5.41, 5.74) is 0.590. The van der Waals surface area contributed by atoms with Crippen LogP contribution in [0.15, 0.2) is 29.3 Å². The Labute approximate surface area is 154 Å². The van der Waals surface area contributed by atoms with E-state index in [1.807, 2.05) is 25.1 Å². The molecule has 2 heterocycles. The molecule has 0 amide bonds. The summed E-state index contributed by atoms with van der Waals surface area (Å²) < 4.78 is 29.1. The van der Waals surface area contributed by atoms with Crippen LogP contribution in [0.5, 0.6) is 0 Å². The number of aryl methyl sites for hydroxylation is 2. The summed E-state index contributed by atoms with van der Waals surface area (Å²) >= 11 is 0. The van der Waals surface area contributed by atoms with Crippen molar-refractivity contribution in [1.29, 1.82) is 0 Å². The van der Waals surface area contributed by atoms with Gasteiger partial charge in [-0.3, -0.25) is 8.99 Å². The van der Waals surface area contributed by atoms with E-state index in [0.717, 1.165) is 13.0 Å². The highest BCUT2D eigenvalue weighted by molar-refractivity contribution is 7.92. The molecule has 1 atom stereocenters. The average Bonchev–Trinajstić information content (AvgIpc) is 2.86. The van der Waals surface area contributed by atoms with Gasteiger partial charge >= 0.3 is 0 Å². The highest BCUT2D eigenvalue weighted by Crippen LogP contribution is 2.47. The molecule has 26 heavy (non-hydrogen) atoms. The number of nitrogens with zero attached hydrogens (tertiary/aromatic N) is 4. The van der Waals surface area contributed by atoms with Crippen molar-refractivity contribution in [2.24, 2.45) is 7.05 Å². The van der Waals surface area contributed by atoms with Crippen molar-refractivity contribution in [3.8, 4) is 0 Å². The topological polar surface area (TPSA) is 78.7 Å². The predicted molar refractivity (Wildman–Crippen MR) is 101 cm³/mol. The molecule has 1 aromatic carbocycles. The van der Waals surface area contributed by atoms with Gasteiger partial charge < -0.3 is 10.0 Å². The Hall–Kier alpha value is -1.90. The third-order valence-corrected chi connectivity index (χ3v) is 6.90. The molecule has 142 valence electrons. The number of rotatable bonds is 4. The minimum absolute atomic E-state index is 0.0565. The van der Waals surface area contributed by atoms with E-state index in [0.29, 0.717) is 28.9 Å². The van der Waals surface area contributed by atoms with Crippen molar-refractivity contribution >= 4 is 15.7 Å². The van der Waals surface area contributed by atoms with Crippen molar-refractivity contribution in [3.63, 3.8) is 0 Å². The van der Waals surface area contributed by atoms with Crippen LogP contribution in [-0.4, -0.2) is 55.9 Å². The minimum atomic E-state index is -3.83. The lowest BCUT2D eigenvalue weighted by molar-refractivity contribution is 0.0637. The number of hydrogen-bond acceptors (Lipinski definition) is 5. The lowest BCUT2D eigenvalue weighted by atomic mass is 9.81. The molecule has 0 saturated carbocycles. The number of aliphatic hydroxyl groups is 1. The van der Waals surface area contributed by atoms with Gasteiger partial charge in [0, 0.05) is 19.7 Å². The van der Waals surface area contributed by atoms with E-state index in [9.17, 15) is 13.5 Å². The van der Waals surface area contributed by atoms with Crippen LogP contribution in [0.3, 0.4) is 0 Å². The second kappa shape index (κ2) is 6.37. The molecule has 1 aliphatic heterocycles. The first-order valence-electron chi connectivity index (χ1n) is 8.60. The van der Waals surface area contributed by atoms with Gasteiger partial charge in [-0.2, -0.15) is 13.5 Å². The molecule has 0 fully saturated rings. The minimum Gasteiger partial charge on any atom is -0.380 e. The first-order valence-corrected chi connectivity index (χ1v) is 10.0. The predicted octanol–water partition coefficient (Wildman–Crippen LogP) is 1.44. The van der Waals surface area contributed by atoms with Gasteiger partial charge in [-0.05, 0) is 46.5 Å². The van der Waals surface area contributed by atoms with Gasteiger partial charge in [-0.15, -0.1) is 0 Å². The first-order chi connectivity index (χ1) is 12.1. The van der Waals surface area contributed by atoms with E-state index >= 15 is 0 Å². The van der Waals surface area contributed by atoms with Crippen LogP contribution in [0.25, 0.3) is 0 Å². The van der Waals surface area contributed by atoms with E-state index in [-0.39, 0.29) is 5.03 Å². The van der Waals surface area contributed by atoms with Crippen LogP contribution in [-0.2, 0) is 22.7 Å². The first kappa shape index (κ1) is 18.9. The van der Waals surface area contributed by atoms with Crippen molar-refractivity contribution in [2.45, 2.75) is 30.4 Å². The van der Waals surface area contributed by atoms with Crippen LogP contribution in [0, 0.1) is 6.92 Å². The Morgan fingerprint density at radius 3 is 2.54 bits per heavy atom. The zero-order chi connectivity index (χ0) is 19.3. The summed E-state index contributed by atoms with van der Waals surface area (Å²) in [6.07, 6.45) is 1.13. The second-order valence-electron chi connectivity index (χ2n) is 7.15. The molecule has 0 aliphatic carbocycles. The number of para-hydroxylation sites is 1.